The zero-order valence-electron chi connectivity index (χ0n) is 21.4. The number of urea groups is 1. The number of aryl methyl sites for hydroxylation is 1. The van der Waals surface area contributed by atoms with Crippen LogP contribution in [0.5, 0.6) is 0 Å². The first-order valence-corrected chi connectivity index (χ1v) is 13.4. The van der Waals surface area contributed by atoms with E-state index in [0.717, 1.165) is 49.1 Å². The van der Waals surface area contributed by atoms with Crippen LogP contribution in [-0.2, 0) is 11.8 Å². The SMILES string of the molecule is CCc1cccc(NC(=O)NCCN2CCC(C)C2)c1.N#Cc1cccc(C23CCCCC2C3)c1. The molecule has 186 valence electrons. The summed E-state index contributed by atoms with van der Waals surface area (Å²) in [6.45, 7) is 8.33. The largest absolute Gasteiger partial charge is 0.337 e. The van der Waals surface area contributed by atoms with Gasteiger partial charge in [0.25, 0.3) is 0 Å². The number of fused-ring (bicyclic) bond motifs is 1. The lowest BCUT2D eigenvalue weighted by Crippen LogP contribution is -2.36. The third-order valence-electron chi connectivity index (χ3n) is 8.04. The summed E-state index contributed by atoms with van der Waals surface area (Å²) in [6.07, 6.45) is 9.13. The molecule has 5 rings (SSSR count). The Labute approximate surface area is 210 Å². The second kappa shape index (κ2) is 11.7. The molecule has 1 saturated heterocycles. The van der Waals surface area contributed by atoms with E-state index in [1.807, 2.05) is 30.3 Å². The van der Waals surface area contributed by atoms with Crippen molar-refractivity contribution in [2.24, 2.45) is 11.8 Å². The van der Waals surface area contributed by atoms with Crippen LogP contribution >= 0.6 is 0 Å². The van der Waals surface area contributed by atoms with Crippen molar-refractivity contribution >= 4 is 11.7 Å². The third-order valence-corrected chi connectivity index (χ3v) is 8.04. The van der Waals surface area contributed by atoms with Gasteiger partial charge in [-0.1, -0.05) is 51.0 Å². The molecule has 3 atom stereocenters. The van der Waals surface area contributed by atoms with Crippen LogP contribution in [0.1, 0.15) is 69.1 Å². The second-order valence-electron chi connectivity index (χ2n) is 10.6. The fourth-order valence-corrected chi connectivity index (χ4v) is 5.89. The van der Waals surface area contributed by atoms with Crippen molar-refractivity contribution < 1.29 is 4.79 Å². The second-order valence-corrected chi connectivity index (χ2v) is 10.6. The van der Waals surface area contributed by atoms with Gasteiger partial charge in [-0.15, -0.1) is 0 Å². The van der Waals surface area contributed by atoms with Gasteiger partial charge in [-0.05, 0) is 91.3 Å². The molecule has 5 nitrogen and oxygen atoms in total. The maximum absolute atomic E-state index is 11.8. The van der Waals surface area contributed by atoms with Crippen molar-refractivity contribution in [2.75, 3.05) is 31.5 Å². The Morgan fingerprint density at radius 2 is 2.03 bits per heavy atom. The normalized spacial score (nSPS) is 24.9. The van der Waals surface area contributed by atoms with Crippen molar-refractivity contribution in [1.29, 1.82) is 5.26 Å². The number of carbonyl (C=O) groups excluding carboxylic acids is 1. The monoisotopic (exact) mass is 472 g/mol. The number of nitriles is 1. The van der Waals surface area contributed by atoms with Gasteiger partial charge in [0.15, 0.2) is 0 Å². The first kappa shape index (κ1) is 25.3. The van der Waals surface area contributed by atoms with E-state index in [-0.39, 0.29) is 6.03 Å². The highest BCUT2D eigenvalue weighted by Gasteiger charge is 2.55. The molecule has 3 aliphatic rings. The van der Waals surface area contributed by atoms with Crippen molar-refractivity contribution in [3.63, 3.8) is 0 Å². The number of benzene rings is 2. The summed E-state index contributed by atoms with van der Waals surface area (Å²) in [5.74, 6) is 1.71. The Morgan fingerprint density at radius 3 is 2.77 bits per heavy atom. The summed E-state index contributed by atoms with van der Waals surface area (Å²) < 4.78 is 0. The molecule has 0 spiro atoms. The lowest BCUT2D eigenvalue weighted by Gasteiger charge is -2.22. The number of hydrogen-bond donors (Lipinski definition) is 2. The van der Waals surface area contributed by atoms with Gasteiger partial charge in [-0.2, -0.15) is 5.26 Å². The molecule has 2 aromatic carbocycles. The number of rotatable bonds is 6. The number of nitrogens with zero attached hydrogens (tertiary/aromatic N) is 2. The van der Waals surface area contributed by atoms with Gasteiger partial charge in [0.1, 0.15) is 0 Å². The molecule has 2 saturated carbocycles. The number of likely N-dealkylation sites (tertiary alicyclic amines) is 1. The summed E-state index contributed by atoms with van der Waals surface area (Å²) in [5, 5.41) is 14.7. The van der Waals surface area contributed by atoms with E-state index in [0.29, 0.717) is 12.0 Å². The Morgan fingerprint density at radius 1 is 1.17 bits per heavy atom. The zero-order valence-corrected chi connectivity index (χ0v) is 21.4. The predicted molar refractivity (Wildman–Crippen MR) is 142 cm³/mol. The molecule has 2 N–H and O–H groups in total. The van der Waals surface area contributed by atoms with Crippen LogP contribution in [0.25, 0.3) is 0 Å². The number of nitrogens with one attached hydrogen (secondary N) is 2. The lowest BCUT2D eigenvalue weighted by atomic mass is 9.82. The smallest absolute Gasteiger partial charge is 0.319 e. The van der Waals surface area contributed by atoms with E-state index in [1.54, 1.807) is 0 Å². The lowest BCUT2D eigenvalue weighted by molar-refractivity contribution is 0.249. The topological polar surface area (TPSA) is 68.2 Å². The highest BCUT2D eigenvalue weighted by Crippen LogP contribution is 2.62. The molecule has 2 aliphatic carbocycles. The summed E-state index contributed by atoms with van der Waals surface area (Å²) in [6, 6.07) is 18.3. The van der Waals surface area contributed by atoms with Gasteiger partial charge in [0.2, 0.25) is 0 Å². The van der Waals surface area contributed by atoms with E-state index in [1.165, 1.54) is 49.7 Å². The number of carbonyl (C=O) groups is 1. The Bertz CT molecular complexity index is 1040. The van der Waals surface area contributed by atoms with Gasteiger partial charge in [0.05, 0.1) is 11.6 Å². The van der Waals surface area contributed by atoms with Gasteiger partial charge in [-0.3, -0.25) is 0 Å². The minimum atomic E-state index is -0.120. The molecule has 3 unspecified atom stereocenters. The average Bonchev–Trinajstić information content (AvgIpc) is 3.51. The van der Waals surface area contributed by atoms with E-state index in [9.17, 15) is 4.79 Å². The van der Waals surface area contributed by atoms with Crippen LogP contribution in [-0.4, -0.2) is 37.1 Å². The molecule has 0 aromatic heterocycles. The van der Waals surface area contributed by atoms with Crippen molar-refractivity contribution in [3.05, 3.63) is 65.2 Å². The molecule has 5 heteroatoms. The zero-order chi connectivity index (χ0) is 24.7. The van der Waals surface area contributed by atoms with Crippen LogP contribution in [0.2, 0.25) is 0 Å². The fourth-order valence-electron chi connectivity index (χ4n) is 5.89. The van der Waals surface area contributed by atoms with Crippen LogP contribution in [0.3, 0.4) is 0 Å². The van der Waals surface area contributed by atoms with Gasteiger partial charge in [-0.25, -0.2) is 4.79 Å². The van der Waals surface area contributed by atoms with Crippen molar-refractivity contribution in [3.8, 4) is 6.07 Å². The standard InChI is InChI=1S/C16H25N3O.C14H15N/c1-3-14-5-4-6-15(11-14)18-16(20)17-8-10-19-9-7-13(2)12-19;15-10-11-4-3-6-12(8-11)14-7-2-1-5-13(14)9-14/h4-6,11,13H,3,7-10,12H2,1-2H3,(H2,17,18,20);3-4,6,8,13H,1-2,5,7,9H2. The summed E-state index contributed by atoms with van der Waals surface area (Å²) in [4.78, 5) is 14.2. The molecule has 0 radical (unpaired) electrons. The molecule has 0 bridgehead atoms. The Hall–Kier alpha value is -2.84. The van der Waals surface area contributed by atoms with Crippen LogP contribution in [0, 0.1) is 23.2 Å². The molecule has 1 heterocycles. The minimum absolute atomic E-state index is 0.120. The summed E-state index contributed by atoms with van der Waals surface area (Å²) in [5.41, 5.74) is 4.81. The predicted octanol–water partition coefficient (Wildman–Crippen LogP) is 6.10. The molecular weight excluding hydrogens is 432 g/mol. The number of hydrogen-bond acceptors (Lipinski definition) is 3. The van der Waals surface area contributed by atoms with Crippen LogP contribution < -0.4 is 10.6 Å². The van der Waals surface area contributed by atoms with E-state index in [2.05, 4.69) is 53.6 Å². The first-order chi connectivity index (χ1) is 17.0. The highest BCUT2D eigenvalue weighted by atomic mass is 16.2. The molecular formula is C30H40N4O. The minimum Gasteiger partial charge on any atom is -0.337 e. The van der Waals surface area contributed by atoms with Crippen LogP contribution in [0.15, 0.2) is 48.5 Å². The molecule has 2 aromatic rings. The number of amides is 2. The fraction of sp³-hybridized carbons (Fsp3) is 0.533. The molecule has 35 heavy (non-hydrogen) atoms. The molecule has 1 aliphatic heterocycles. The van der Waals surface area contributed by atoms with E-state index < -0.39 is 0 Å². The number of anilines is 1. The first-order valence-electron chi connectivity index (χ1n) is 13.4. The van der Waals surface area contributed by atoms with E-state index in [4.69, 9.17) is 5.26 Å². The maximum atomic E-state index is 11.8. The van der Waals surface area contributed by atoms with Crippen molar-refractivity contribution in [2.45, 2.75) is 64.2 Å². The summed E-state index contributed by atoms with van der Waals surface area (Å²) in [7, 11) is 0. The molecule has 2 amide bonds. The maximum Gasteiger partial charge on any atom is 0.319 e. The highest BCUT2D eigenvalue weighted by molar-refractivity contribution is 5.89. The Kier molecular flexibility index (Phi) is 8.46. The van der Waals surface area contributed by atoms with Gasteiger partial charge < -0.3 is 15.5 Å². The van der Waals surface area contributed by atoms with Crippen LogP contribution in [0.4, 0.5) is 10.5 Å². The quantitative estimate of drug-likeness (QED) is 0.534. The van der Waals surface area contributed by atoms with E-state index >= 15 is 0 Å². The van der Waals surface area contributed by atoms with Crippen molar-refractivity contribution in [1.82, 2.24) is 10.2 Å². The molecule has 3 fully saturated rings. The average molecular weight is 473 g/mol. The van der Waals surface area contributed by atoms with Gasteiger partial charge >= 0.3 is 6.03 Å². The summed E-state index contributed by atoms with van der Waals surface area (Å²) >= 11 is 0. The Balaban J connectivity index is 0.000000171. The third kappa shape index (κ3) is 6.64. The van der Waals surface area contributed by atoms with Gasteiger partial charge in [0, 0.05) is 25.3 Å².